The molecule has 1 aliphatic heterocycles. The number of rotatable bonds is 9. The Labute approximate surface area is 215 Å². The quantitative estimate of drug-likeness (QED) is 0.358. The second kappa shape index (κ2) is 11.6. The van der Waals surface area contributed by atoms with Crippen LogP contribution in [0, 0.1) is 0 Å². The third kappa shape index (κ3) is 6.38. The molecule has 3 aromatic carbocycles. The van der Waals surface area contributed by atoms with E-state index in [9.17, 15) is 9.59 Å². The summed E-state index contributed by atoms with van der Waals surface area (Å²) >= 11 is 7.58. The Balaban J connectivity index is 1.32. The summed E-state index contributed by atoms with van der Waals surface area (Å²) < 4.78 is 5.89. The number of hydrogen-bond acceptors (Lipinski definition) is 4. The van der Waals surface area contributed by atoms with Gasteiger partial charge in [0.25, 0.3) is 5.91 Å². The van der Waals surface area contributed by atoms with Crippen LogP contribution in [0.4, 0.5) is 0 Å². The Kier molecular flexibility index (Phi) is 8.37. The lowest BCUT2D eigenvalue weighted by molar-refractivity contribution is -0.128. The molecule has 182 valence electrons. The average Bonchev–Trinajstić information content (AvgIpc) is 3.23. The summed E-state index contributed by atoms with van der Waals surface area (Å²) in [7, 11) is 0. The molecule has 1 unspecified atom stereocenters. The predicted molar refractivity (Wildman–Crippen MR) is 142 cm³/mol. The van der Waals surface area contributed by atoms with Gasteiger partial charge in [-0.1, -0.05) is 67.9 Å². The van der Waals surface area contributed by atoms with E-state index in [1.165, 1.54) is 0 Å². The van der Waals surface area contributed by atoms with E-state index in [1.54, 1.807) is 11.8 Å². The summed E-state index contributed by atoms with van der Waals surface area (Å²) in [4.78, 5) is 27.0. The van der Waals surface area contributed by atoms with E-state index in [2.05, 4.69) is 25.2 Å². The van der Waals surface area contributed by atoms with Crippen LogP contribution in [0.15, 0.2) is 72.8 Å². The SMILES string of the molecule is CC(C)c1ccccc1OCCNC(=O)c1ccc(C2SCC(=O)N2Cc2ccc(Cl)cc2)cc1. The van der Waals surface area contributed by atoms with Crippen LogP contribution in [0.3, 0.4) is 0 Å². The molecule has 4 rings (SSSR count). The van der Waals surface area contributed by atoms with E-state index in [0.717, 1.165) is 22.4 Å². The third-order valence-corrected chi connectivity index (χ3v) is 7.39. The van der Waals surface area contributed by atoms with Crippen LogP contribution < -0.4 is 10.1 Å². The molecular formula is C28H29ClN2O3S. The predicted octanol–water partition coefficient (Wildman–Crippen LogP) is 6.05. The molecule has 1 N–H and O–H groups in total. The molecule has 1 aliphatic rings. The van der Waals surface area contributed by atoms with Crippen molar-refractivity contribution in [1.29, 1.82) is 0 Å². The molecule has 35 heavy (non-hydrogen) atoms. The van der Waals surface area contributed by atoms with Crippen molar-refractivity contribution in [2.24, 2.45) is 0 Å². The summed E-state index contributed by atoms with van der Waals surface area (Å²) in [5.74, 6) is 1.63. The number of nitrogens with one attached hydrogen (secondary N) is 1. The van der Waals surface area contributed by atoms with Gasteiger partial charge < -0.3 is 15.0 Å². The highest BCUT2D eigenvalue weighted by atomic mass is 35.5. The highest BCUT2D eigenvalue weighted by Gasteiger charge is 2.32. The minimum Gasteiger partial charge on any atom is -0.491 e. The van der Waals surface area contributed by atoms with E-state index in [-0.39, 0.29) is 17.2 Å². The second-order valence-corrected chi connectivity index (χ2v) is 10.2. The van der Waals surface area contributed by atoms with Gasteiger partial charge in [0.1, 0.15) is 17.7 Å². The minimum atomic E-state index is -0.148. The van der Waals surface area contributed by atoms with Crippen molar-refractivity contribution in [3.05, 3.63) is 100 Å². The van der Waals surface area contributed by atoms with Gasteiger partial charge in [-0.2, -0.15) is 0 Å². The zero-order valence-corrected chi connectivity index (χ0v) is 21.4. The van der Waals surface area contributed by atoms with Crippen molar-refractivity contribution in [2.75, 3.05) is 18.9 Å². The molecule has 0 spiro atoms. The van der Waals surface area contributed by atoms with Gasteiger partial charge in [0.2, 0.25) is 5.91 Å². The number of carbonyl (C=O) groups excluding carboxylic acids is 2. The van der Waals surface area contributed by atoms with Gasteiger partial charge in [0, 0.05) is 17.1 Å². The van der Waals surface area contributed by atoms with Crippen LogP contribution in [-0.4, -0.2) is 35.6 Å². The standard InChI is InChI=1S/C28H29ClN2O3S/c1-19(2)24-5-3-4-6-25(24)34-16-15-30-27(33)21-9-11-22(12-10-21)28-31(26(32)18-35-28)17-20-7-13-23(29)14-8-20/h3-14,19,28H,15-18H2,1-2H3,(H,30,33). The number of thioether (sulfide) groups is 1. The Morgan fingerprint density at radius 1 is 1.09 bits per heavy atom. The van der Waals surface area contributed by atoms with E-state index in [1.807, 2.05) is 71.6 Å². The van der Waals surface area contributed by atoms with E-state index < -0.39 is 0 Å². The molecule has 0 radical (unpaired) electrons. The number of para-hydroxylation sites is 1. The first-order valence-corrected chi connectivity index (χ1v) is 13.1. The molecule has 0 aliphatic carbocycles. The number of hydrogen-bond donors (Lipinski definition) is 1. The average molecular weight is 509 g/mol. The first-order chi connectivity index (χ1) is 16.9. The lowest BCUT2D eigenvalue weighted by atomic mass is 10.0. The van der Waals surface area contributed by atoms with Crippen molar-refractivity contribution in [3.8, 4) is 5.75 Å². The summed E-state index contributed by atoms with van der Waals surface area (Å²) in [6, 6.07) is 23.0. The van der Waals surface area contributed by atoms with Gasteiger partial charge in [-0.05, 0) is 52.9 Å². The molecule has 1 saturated heterocycles. The monoisotopic (exact) mass is 508 g/mol. The Morgan fingerprint density at radius 3 is 2.51 bits per heavy atom. The van der Waals surface area contributed by atoms with Gasteiger partial charge >= 0.3 is 0 Å². The first-order valence-electron chi connectivity index (χ1n) is 11.7. The highest BCUT2D eigenvalue weighted by molar-refractivity contribution is 8.00. The van der Waals surface area contributed by atoms with Gasteiger partial charge in [0.15, 0.2) is 0 Å². The van der Waals surface area contributed by atoms with E-state index in [0.29, 0.717) is 42.0 Å². The van der Waals surface area contributed by atoms with Crippen LogP contribution in [0.25, 0.3) is 0 Å². The Hall–Kier alpha value is -2.96. The topological polar surface area (TPSA) is 58.6 Å². The zero-order chi connectivity index (χ0) is 24.8. The number of nitrogens with zero attached hydrogens (tertiary/aromatic N) is 1. The highest BCUT2D eigenvalue weighted by Crippen LogP contribution is 2.39. The van der Waals surface area contributed by atoms with Crippen molar-refractivity contribution < 1.29 is 14.3 Å². The molecule has 1 heterocycles. The molecule has 0 saturated carbocycles. The molecule has 0 bridgehead atoms. The Morgan fingerprint density at radius 2 is 1.80 bits per heavy atom. The molecule has 0 aromatic heterocycles. The number of amides is 2. The first kappa shape index (κ1) is 25.1. The van der Waals surface area contributed by atoms with Crippen LogP contribution >= 0.6 is 23.4 Å². The Bertz CT molecular complexity index is 1170. The van der Waals surface area contributed by atoms with E-state index in [4.69, 9.17) is 16.3 Å². The molecule has 7 heteroatoms. The fourth-order valence-corrected chi connectivity index (χ4v) is 5.32. The molecule has 2 amide bonds. The normalized spacial score (nSPS) is 15.5. The van der Waals surface area contributed by atoms with E-state index >= 15 is 0 Å². The van der Waals surface area contributed by atoms with Crippen molar-refractivity contribution >= 4 is 35.2 Å². The fraction of sp³-hybridized carbons (Fsp3) is 0.286. The summed E-state index contributed by atoms with van der Waals surface area (Å²) in [5.41, 5.74) is 3.77. The van der Waals surface area contributed by atoms with Crippen LogP contribution in [0.2, 0.25) is 5.02 Å². The molecule has 1 fully saturated rings. The summed E-state index contributed by atoms with van der Waals surface area (Å²) in [6.07, 6.45) is 0. The smallest absolute Gasteiger partial charge is 0.251 e. The third-order valence-electron chi connectivity index (χ3n) is 5.88. The fourth-order valence-electron chi connectivity index (χ4n) is 4.00. The van der Waals surface area contributed by atoms with Crippen LogP contribution in [0.5, 0.6) is 5.75 Å². The second-order valence-electron chi connectivity index (χ2n) is 8.73. The van der Waals surface area contributed by atoms with Crippen molar-refractivity contribution in [1.82, 2.24) is 10.2 Å². The number of benzene rings is 3. The number of ether oxygens (including phenoxy) is 1. The number of carbonyl (C=O) groups is 2. The lowest BCUT2D eigenvalue weighted by Gasteiger charge is -2.24. The maximum atomic E-state index is 12.6. The maximum absolute atomic E-state index is 12.6. The molecule has 5 nitrogen and oxygen atoms in total. The number of halogens is 1. The summed E-state index contributed by atoms with van der Waals surface area (Å²) in [5, 5.41) is 3.51. The lowest BCUT2D eigenvalue weighted by Crippen LogP contribution is -2.29. The molecule has 1 atom stereocenters. The maximum Gasteiger partial charge on any atom is 0.251 e. The largest absolute Gasteiger partial charge is 0.491 e. The van der Waals surface area contributed by atoms with Crippen LogP contribution in [-0.2, 0) is 11.3 Å². The van der Waals surface area contributed by atoms with Crippen LogP contribution in [0.1, 0.15) is 52.2 Å². The van der Waals surface area contributed by atoms with Gasteiger partial charge in [-0.15, -0.1) is 11.8 Å². The summed E-state index contributed by atoms with van der Waals surface area (Å²) in [6.45, 7) is 5.59. The van der Waals surface area contributed by atoms with Crippen molar-refractivity contribution in [3.63, 3.8) is 0 Å². The van der Waals surface area contributed by atoms with Gasteiger partial charge in [-0.25, -0.2) is 0 Å². The minimum absolute atomic E-state index is 0.0790. The zero-order valence-electron chi connectivity index (χ0n) is 19.9. The van der Waals surface area contributed by atoms with Crippen molar-refractivity contribution in [2.45, 2.75) is 31.7 Å². The van der Waals surface area contributed by atoms with Gasteiger partial charge in [0.05, 0.1) is 12.3 Å². The van der Waals surface area contributed by atoms with Gasteiger partial charge in [-0.3, -0.25) is 9.59 Å². The molecule has 3 aromatic rings. The molecular weight excluding hydrogens is 480 g/mol.